The van der Waals surface area contributed by atoms with Crippen molar-refractivity contribution in [2.75, 3.05) is 23.8 Å². The van der Waals surface area contributed by atoms with Gasteiger partial charge in [0.15, 0.2) is 5.76 Å². The molecule has 3 heterocycles. The Morgan fingerprint density at radius 3 is 2.95 bits per heavy atom. The highest BCUT2D eigenvalue weighted by Crippen LogP contribution is 2.33. The third-order valence-electron chi connectivity index (χ3n) is 3.61. The molecule has 2 N–H and O–H groups in total. The number of rotatable bonds is 1. The molecule has 0 spiro atoms. The first-order valence-corrected chi connectivity index (χ1v) is 7.04. The molecule has 2 aliphatic rings. The number of aromatic nitrogens is 1. The number of nitrogens with zero attached hydrogens (tertiary/aromatic N) is 1. The van der Waals surface area contributed by atoms with Crippen molar-refractivity contribution in [1.82, 2.24) is 4.98 Å². The molecule has 4 rings (SSSR count). The van der Waals surface area contributed by atoms with Crippen molar-refractivity contribution >= 4 is 23.0 Å². The van der Waals surface area contributed by atoms with Gasteiger partial charge in [0.1, 0.15) is 31.1 Å². The van der Waals surface area contributed by atoms with Crippen LogP contribution in [0.2, 0.25) is 0 Å². The van der Waals surface area contributed by atoms with Crippen LogP contribution >= 0.6 is 0 Å². The number of benzene rings is 1. The van der Waals surface area contributed by atoms with Gasteiger partial charge >= 0.3 is 0 Å². The lowest BCUT2D eigenvalue weighted by molar-refractivity contribution is 0.125. The summed E-state index contributed by atoms with van der Waals surface area (Å²) in [4.78, 5) is 4.11. The minimum atomic E-state index is -0.341. The maximum Gasteiger partial charge on any atom is 0.161 e. The monoisotopic (exact) mass is 299 g/mol. The molecule has 2 aliphatic heterocycles. The Balaban J connectivity index is 1.68. The first-order chi connectivity index (χ1) is 10.8. The lowest BCUT2D eigenvalue weighted by Crippen LogP contribution is -2.07. The van der Waals surface area contributed by atoms with Crippen LogP contribution in [0, 0.1) is 5.82 Å². The first-order valence-electron chi connectivity index (χ1n) is 7.04. The molecule has 0 saturated carbocycles. The molecule has 0 unspecified atom stereocenters. The second kappa shape index (κ2) is 5.22. The van der Waals surface area contributed by atoms with E-state index < -0.39 is 0 Å². The smallest absolute Gasteiger partial charge is 0.161 e. The van der Waals surface area contributed by atoms with E-state index in [1.165, 1.54) is 12.3 Å². The molecular formula is C16H14FN3O2. The summed E-state index contributed by atoms with van der Waals surface area (Å²) in [6.07, 6.45) is 2.84. The highest BCUT2D eigenvalue weighted by Gasteiger charge is 2.16. The van der Waals surface area contributed by atoms with E-state index in [9.17, 15) is 4.39 Å². The Morgan fingerprint density at radius 2 is 2.09 bits per heavy atom. The first kappa shape index (κ1) is 12.9. The number of hydrogen-bond donors (Lipinski definition) is 2. The molecule has 1 aromatic carbocycles. The number of ether oxygens (including phenoxy) is 2. The lowest BCUT2D eigenvalue weighted by atomic mass is 10.1. The van der Waals surface area contributed by atoms with Gasteiger partial charge in [0, 0.05) is 17.7 Å². The zero-order valence-electron chi connectivity index (χ0n) is 11.7. The topological polar surface area (TPSA) is 55.4 Å². The van der Waals surface area contributed by atoms with Crippen LogP contribution in [-0.4, -0.2) is 18.2 Å². The number of hydrogen-bond acceptors (Lipinski definition) is 5. The number of pyridine rings is 1. The zero-order valence-corrected chi connectivity index (χ0v) is 11.7. The normalized spacial score (nSPS) is 15.8. The van der Waals surface area contributed by atoms with Gasteiger partial charge in [-0.25, -0.2) is 9.37 Å². The maximum absolute atomic E-state index is 13.3. The third-order valence-corrected chi connectivity index (χ3v) is 3.61. The van der Waals surface area contributed by atoms with Gasteiger partial charge in [-0.1, -0.05) is 0 Å². The molecule has 22 heavy (non-hydrogen) atoms. The Kier molecular flexibility index (Phi) is 3.07. The van der Waals surface area contributed by atoms with E-state index in [2.05, 4.69) is 15.6 Å². The molecule has 2 aromatic rings. The van der Waals surface area contributed by atoms with Gasteiger partial charge in [0.2, 0.25) is 0 Å². The second-order valence-electron chi connectivity index (χ2n) is 5.10. The Morgan fingerprint density at radius 1 is 1.14 bits per heavy atom. The summed E-state index contributed by atoms with van der Waals surface area (Å²) in [6, 6.07) is 7.35. The van der Waals surface area contributed by atoms with Gasteiger partial charge in [-0.05, 0) is 24.3 Å². The SMILES string of the molecule is Fc1cnc2c(c1)CNc1cc(C3=COCCO3)ccc1N2. The molecule has 0 radical (unpaired) electrons. The van der Waals surface area contributed by atoms with E-state index >= 15 is 0 Å². The molecular weight excluding hydrogens is 285 g/mol. The van der Waals surface area contributed by atoms with Crippen molar-refractivity contribution in [3.63, 3.8) is 0 Å². The van der Waals surface area contributed by atoms with Crippen LogP contribution in [0.4, 0.5) is 21.6 Å². The summed E-state index contributed by atoms with van der Waals surface area (Å²) in [5.74, 6) is 1.03. The van der Waals surface area contributed by atoms with Gasteiger partial charge in [0.05, 0.1) is 17.6 Å². The molecule has 0 fully saturated rings. The van der Waals surface area contributed by atoms with Crippen LogP contribution < -0.4 is 10.6 Å². The van der Waals surface area contributed by atoms with Gasteiger partial charge < -0.3 is 20.1 Å². The highest BCUT2D eigenvalue weighted by molar-refractivity contribution is 5.79. The summed E-state index contributed by atoms with van der Waals surface area (Å²) in [5, 5.41) is 6.52. The fourth-order valence-corrected chi connectivity index (χ4v) is 2.52. The Labute approximate surface area is 126 Å². The predicted molar refractivity (Wildman–Crippen MR) is 81.1 cm³/mol. The molecule has 0 amide bonds. The van der Waals surface area contributed by atoms with E-state index in [0.717, 1.165) is 22.5 Å². The minimum absolute atomic E-state index is 0.341. The summed E-state index contributed by atoms with van der Waals surface area (Å²) in [5.41, 5.74) is 3.51. The van der Waals surface area contributed by atoms with Gasteiger partial charge in [-0.15, -0.1) is 0 Å². The van der Waals surface area contributed by atoms with E-state index in [1.807, 2.05) is 18.2 Å². The number of nitrogens with one attached hydrogen (secondary N) is 2. The average molecular weight is 299 g/mol. The van der Waals surface area contributed by atoms with Crippen LogP contribution in [0.15, 0.2) is 36.7 Å². The van der Waals surface area contributed by atoms with Crippen molar-refractivity contribution < 1.29 is 13.9 Å². The standard InChI is InChI=1S/C16H14FN3O2/c17-12-5-11-7-18-14-6-10(15-9-21-3-4-22-15)1-2-13(14)20-16(11)19-8-12/h1-2,5-6,8-9,18H,3-4,7H2,(H,19,20). The second-order valence-corrected chi connectivity index (χ2v) is 5.10. The average Bonchev–Trinajstić information content (AvgIpc) is 2.74. The molecule has 0 bridgehead atoms. The minimum Gasteiger partial charge on any atom is -0.494 e. The molecule has 0 aliphatic carbocycles. The molecule has 1 aromatic heterocycles. The van der Waals surface area contributed by atoms with Crippen molar-refractivity contribution in [3.8, 4) is 0 Å². The summed E-state index contributed by atoms with van der Waals surface area (Å²) >= 11 is 0. The van der Waals surface area contributed by atoms with E-state index in [4.69, 9.17) is 9.47 Å². The van der Waals surface area contributed by atoms with Crippen LogP contribution in [0.5, 0.6) is 0 Å². The quantitative estimate of drug-likeness (QED) is 0.846. The molecule has 0 saturated heterocycles. The molecule has 0 atom stereocenters. The van der Waals surface area contributed by atoms with E-state index in [0.29, 0.717) is 31.3 Å². The highest BCUT2D eigenvalue weighted by atomic mass is 19.1. The summed E-state index contributed by atoms with van der Waals surface area (Å²) < 4.78 is 24.2. The summed E-state index contributed by atoms with van der Waals surface area (Å²) in [7, 11) is 0. The molecule has 6 heteroatoms. The Bertz CT molecular complexity index is 761. The van der Waals surface area contributed by atoms with Gasteiger partial charge in [0.25, 0.3) is 0 Å². The van der Waals surface area contributed by atoms with Crippen LogP contribution in [0.3, 0.4) is 0 Å². The van der Waals surface area contributed by atoms with Gasteiger partial charge in [-0.2, -0.15) is 0 Å². The number of fused-ring (bicyclic) bond motifs is 2. The maximum atomic E-state index is 13.3. The lowest BCUT2D eigenvalue weighted by Gasteiger charge is -2.17. The van der Waals surface area contributed by atoms with Crippen molar-refractivity contribution in [2.45, 2.75) is 6.54 Å². The number of anilines is 3. The predicted octanol–water partition coefficient (Wildman–Crippen LogP) is 3.24. The fourth-order valence-electron chi connectivity index (χ4n) is 2.52. The van der Waals surface area contributed by atoms with Crippen LogP contribution in [-0.2, 0) is 16.0 Å². The van der Waals surface area contributed by atoms with Gasteiger partial charge in [-0.3, -0.25) is 0 Å². The molecule has 112 valence electrons. The summed E-state index contributed by atoms with van der Waals surface area (Å²) in [6.45, 7) is 1.62. The van der Waals surface area contributed by atoms with Crippen LogP contribution in [0.25, 0.3) is 5.76 Å². The zero-order chi connectivity index (χ0) is 14.9. The third kappa shape index (κ3) is 2.32. The largest absolute Gasteiger partial charge is 0.494 e. The van der Waals surface area contributed by atoms with Crippen molar-refractivity contribution in [3.05, 3.63) is 53.7 Å². The van der Waals surface area contributed by atoms with Crippen molar-refractivity contribution in [2.24, 2.45) is 0 Å². The fraction of sp³-hybridized carbons (Fsp3) is 0.188. The number of halogens is 1. The van der Waals surface area contributed by atoms with Crippen LogP contribution in [0.1, 0.15) is 11.1 Å². The Hall–Kier alpha value is -2.76. The molecule has 5 nitrogen and oxygen atoms in total. The van der Waals surface area contributed by atoms with E-state index in [1.54, 1.807) is 6.26 Å². The van der Waals surface area contributed by atoms with E-state index in [-0.39, 0.29) is 5.82 Å². The van der Waals surface area contributed by atoms with Crippen molar-refractivity contribution in [1.29, 1.82) is 0 Å².